The topological polar surface area (TPSA) is 79.2 Å². The Morgan fingerprint density at radius 3 is 2.50 bits per heavy atom. The average molecular weight is 316 g/mol. The summed E-state index contributed by atoms with van der Waals surface area (Å²) in [6.07, 6.45) is 9.27. The SMILES string of the molecule is CCCCCC/C=C/CCCO[C@H]1[C@H](O)[C@@H](CO)OC[C@@H]1O. The predicted molar refractivity (Wildman–Crippen MR) is 85.7 cm³/mol. The van der Waals surface area contributed by atoms with Gasteiger partial charge in [-0.05, 0) is 25.7 Å². The first-order chi connectivity index (χ1) is 10.7. The van der Waals surface area contributed by atoms with Crippen molar-refractivity contribution in [2.75, 3.05) is 19.8 Å². The molecule has 1 rings (SSSR count). The van der Waals surface area contributed by atoms with Crippen LogP contribution in [0, 0.1) is 0 Å². The summed E-state index contributed by atoms with van der Waals surface area (Å²) in [5.41, 5.74) is 0. The molecule has 0 spiro atoms. The van der Waals surface area contributed by atoms with E-state index in [9.17, 15) is 10.2 Å². The molecule has 0 aliphatic carbocycles. The zero-order valence-electron chi connectivity index (χ0n) is 13.7. The molecule has 5 nitrogen and oxygen atoms in total. The van der Waals surface area contributed by atoms with E-state index in [-0.39, 0.29) is 13.2 Å². The molecular formula is C17H32O5. The van der Waals surface area contributed by atoms with Crippen molar-refractivity contribution >= 4 is 0 Å². The van der Waals surface area contributed by atoms with Gasteiger partial charge in [-0.15, -0.1) is 0 Å². The highest BCUT2D eigenvalue weighted by Crippen LogP contribution is 2.18. The van der Waals surface area contributed by atoms with Crippen molar-refractivity contribution in [1.82, 2.24) is 0 Å². The maximum absolute atomic E-state index is 9.96. The van der Waals surface area contributed by atoms with Gasteiger partial charge >= 0.3 is 0 Å². The second-order valence-corrected chi connectivity index (χ2v) is 5.91. The fourth-order valence-electron chi connectivity index (χ4n) is 2.57. The van der Waals surface area contributed by atoms with Gasteiger partial charge in [0.15, 0.2) is 0 Å². The number of unbranched alkanes of at least 4 members (excludes halogenated alkanes) is 5. The highest BCUT2D eigenvalue weighted by atomic mass is 16.6. The molecule has 0 radical (unpaired) electrons. The largest absolute Gasteiger partial charge is 0.394 e. The molecule has 0 aromatic rings. The van der Waals surface area contributed by atoms with Crippen LogP contribution in [0.25, 0.3) is 0 Å². The first kappa shape index (κ1) is 19.6. The Kier molecular flexibility index (Phi) is 10.7. The lowest BCUT2D eigenvalue weighted by Gasteiger charge is -2.37. The molecule has 0 aromatic heterocycles. The standard InChI is InChI=1S/C17H32O5/c1-2-3-4-5-6-7-8-9-10-11-21-17-14(19)13-22-15(12-18)16(17)20/h7-8,14-20H,2-6,9-13H2,1H3/b8-7+/t14-,15+,16+,17+/m0/s1. The van der Waals surface area contributed by atoms with Crippen LogP contribution in [-0.4, -0.2) is 59.6 Å². The second-order valence-electron chi connectivity index (χ2n) is 5.91. The lowest BCUT2D eigenvalue weighted by atomic mass is 10.0. The van der Waals surface area contributed by atoms with Gasteiger partial charge in [0.05, 0.1) is 13.2 Å². The molecule has 4 atom stereocenters. The van der Waals surface area contributed by atoms with Crippen molar-refractivity contribution in [2.45, 2.75) is 76.3 Å². The quantitative estimate of drug-likeness (QED) is 0.400. The molecule has 0 amide bonds. The third-order valence-corrected chi connectivity index (χ3v) is 3.97. The molecule has 22 heavy (non-hydrogen) atoms. The van der Waals surface area contributed by atoms with Gasteiger partial charge in [0, 0.05) is 6.61 Å². The first-order valence-electron chi connectivity index (χ1n) is 8.55. The summed E-state index contributed by atoms with van der Waals surface area (Å²) in [6, 6.07) is 0. The van der Waals surface area contributed by atoms with Gasteiger partial charge in [0.2, 0.25) is 0 Å². The number of hydrogen-bond acceptors (Lipinski definition) is 5. The second kappa shape index (κ2) is 12.0. The fraction of sp³-hybridized carbons (Fsp3) is 0.882. The minimum Gasteiger partial charge on any atom is -0.394 e. The van der Waals surface area contributed by atoms with Crippen LogP contribution < -0.4 is 0 Å². The minimum atomic E-state index is -0.983. The summed E-state index contributed by atoms with van der Waals surface area (Å²) < 4.78 is 10.7. The van der Waals surface area contributed by atoms with Crippen molar-refractivity contribution < 1.29 is 24.8 Å². The smallest absolute Gasteiger partial charge is 0.114 e. The molecule has 1 saturated heterocycles. The van der Waals surface area contributed by atoms with E-state index < -0.39 is 24.4 Å². The van der Waals surface area contributed by atoms with Crippen LogP contribution in [0.3, 0.4) is 0 Å². The summed E-state index contributed by atoms with van der Waals surface area (Å²) >= 11 is 0. The van der Waals surface area contributed by atoms with Crippen LogP contribution in [-0.2, 0) is 9.47 Å². The molecule has 1 fully saturated rings. The Bertz CT molecular complexity index is 295. The van der Waals surface area contributed by atoms with Crippen LogP contribution in [0.5, 0.6) is 0 Å². The third-order valence-electron chi connectivity index (χ3n) is 3.97. The maximum Gasteiger partial charge on any atom is 0.114 e. The van der Waals surface area contributed by atoms with Gasteiger partial charge in [0.1, 0.15) is 24.4 Å². The van der Waals surface area contributed by atoms with Gasteiger partial charge in [-0.25, -0.2) is 0 Å². The van der Waals surface area contributed by atoms with Crippen LogP contribution in [0.15, 0.2) is 12.2 Å². The predicted octanol–water partition coefficient (Wildman–Crippen LogP) is 1.79. The normalized spacial score (nSPS) is 29.3. The van der Waals surface area contributed by atoms with Gasteiger partial charge < -0.3 is 24.8 Å². The van der Waals surface area contributed by atoms with Crippen LogP contribution in [0.2, 0.25) is 0 Å². The summed E-state index contributed by atoms with van der Waals surface area (Å²) in [4.78, 5) is 0. The first-order valence-corrected chi connectivity index (χ1v) is 8.55. The summed E-state index contributed by atoms with van der Waals surface area (Å²) in [7, 11) is 0. The Balaban J connectivity index is 2.09. The summed E-state index contributed by atoms with van der Waals surface area (Å²) in [5.74, 6) is 0. The summed E-state index contributed by atoms with van der Waals surface area (Å²) in [5, 5.41) is 28.8. The van der Waals surface area contributed by atoms with E-state index in [0.29, 0.717) is 6.61 Å². The number of aliphatic hydroxyl groups excluding tert-OH is 3. The Hall–Kier alpha value is -0.460. The summed E-state index contributed by atoms with van der Waals surface area (Å²) in [6.45, 7) is 2.52. The monoisotopic (exact) mass is 316 g/mol. The van der Waals surface area contributed by atoms with E-state index >= 15 is 0 Å². The molecule has 130 valence electrons. The van der Waals surface area contributed by atoms with E-state index in [1.807, 2.05) is 0 Å². The van der Waals surface area contributed by atoms with Gasteiger partial charge in [0.25, 0.3) is 0 Å². The number of rotatable bonds is 11. The third kappa shape index (κ3) is 7.20. The molecule has 0 aromatic carbocycles. The molecule has 3 N–H and O–H groups in total. The van der Waals surface area contributed by atoms with Crippen molar-refractivity contribution in [1.29, 1.82) is 0 Å². The maximum atomic E-state index is 9.96. The van der Waals surface area contributed by atoms with Gasteiger partial charge in [-0.2, -0.15) is 0 Å². The minimum absolute atomic E-state index is 0.0879. The van der Waals surface area contributed by atoms with E-state index in [4.69, 9.17) is 14.6 Å². The Morgan fingerprint density at radius 2 is 1.82 bits per heavy atom. The highest BCUT2D eigenvalue weighted by molar-refractivity contribution is 4.88. The van der Waals surface area contributed by atoms with Crippen LogP contribution in [0.1, 0.15) is 51.9 Å². The van der Waals surface area contributed by atoms with Gasteiger partial charge in [-0.3, -0.25) is 0 Å². The fourth-order valence-corrected chi connectivity index (χ4v) is 2.57. The average Bonchev–Trinajstić information content (AvgIpc) is 2.52. The number of hydrogen-bond donors (Lipinski definition) is 3. The zero-order valence-corrected chi connectivity index (χ0v) is 13.7. The van der Waals surface area contributed by atoms with Gasteiger partial charge in [-0.1, -0.05) is 38.3 Å². The van der Waals surface area contributed by atoms with Crippen molar-refractivity contribution in [2.24, 2.45) is 0 Å². The Morgan fingerprint density at radius 1 is 1.09 bits per heavy atom. The van der Waals surface area contributed by atoms with Crippen molar-refractivity contribution in [3.63, 3.8) is 0 Å². The number of allylic oxidation sites excluding steroid dienone is 2. The van der Waals surface area contributed by atoms with E-state index in [1.165, 1.54) is 25.7 Å². The molecule has 1 aliphatic rings. The lowest BCUT2D eigenvalue weighted by Crippen LogP contribution is -2.55. The van der Waals surface area contributed by atoms with Crippen molar-refractivity contribution in [3.8, 4) is 0 Å². The van der Waals surface area contributed by atoms with E-state index in [0.717, 1.165) is 19.3 Å². The zero-order chi connectivity index (χ0) is 16.2. The molecule has 5 heteroatoms. The van der Waals surface area contributed by atoms with E-state index in [1.54, 1.807) is 0 Å². The number of aliphatic hydroxyl groups is 3. The molecule has 1 aliphatic heterocycles. The van der Waals surface area contributed by atoms with Crippen molar-refractivity contribution in [3.05, 3.63) is 12.2 Å². The molecular weight excluding hydrogens is 284 g/mol. The van der Waals surface area contributed by atoms with Crippen LogP contribution in [0.4, 0.5) is 0 Å². The number of ether oxygens (including phenoxy) is 2. The molecule has 0 saturated carbocycles. The molecule has 0 unspecified atom stereocenters. The Labute approximate surface area is 133 Å². The molecule has 1 heterocycles. The van der Waals surface area contributed by atoms with Crippen LogP contribution >= 0.6 is 0 Å². The lowest BCUT2D eigenvalue weighted by molar-refractivity contribution is -0.210. The molecule has 0 bridgehead atoms. The highest BCUT2D eigenvalue weighted by Gasteiger charge is 2.38. The van der Waals surface area contributed by atoms with E-state index in [2.05, 4.69) is 19.1 Å².